The molecule has 0 radical (unpaired) electrons. The first-order valence-corrected chi connectivity index (χ1v) is 11.6. The van der Waals surface area contributed by atoms with E-state index in [1.54, 1.807) is 7.05 Å². The predicted molar refractivity (Wildman–Crippen MR) is 113 cm³/mol. The molecule has 0 unspecified atom stereocenters. The fourth-order valence-corrected chi connectivity index (χ4v) is 5.86. The highest BCUT2D eigenvalue weighted by atomic mass is 32.2. The van der Waals surface area contributed by atoms with Crippen molar-refractivity contribution in [1.82, 2.24) is 36.6 Å². The number of carboxylic acid groups (broad SMARTS) is 1. The zero-order chi connectivity index (χ0) is 21.9. The molecule has 13 nitrogen and oxygen atoms in total. The van der Waals surface area contributed by atoms with E-state index in [4.69, 9.17) is 10.00 Å². The number of hydrogen-bond donors (Lipinski definition) is 3. The third kappa shape index (κ3) is 4.65. The number of aryl methyl sites for hydroxylation is 1. The second kappa shape index (κ2) is 10.3. The van der Waals surface area contributed by atoms with Gasteiger partial charge in [0.2, 0.25) is 11.1 Å². The number of rotatable bonds is 9. The molecular weight excluding hydrogens is 468 g/mol. The van der Waals surface area contributed by atoms with Crippen LogP contribution in [0.15, 0.2) is 16.4 Å². The van der Waals surface area contributed by atoms with Gasteiger partial charge in [-0.1, -0.05) is 11.8 Å². The van der Waals surface area contributed by atoms with Crippen LogP contribution in [0.4, 0.5) is 0 Å². The van der Waals surface area contributed by atoms with Crippen LogP contribution in [0.25, 0.3) is 0 Å². The molecule has 3 heterocycles. The van der Waals surface area contributed by atoms with Gasteiger partial charge in [0.15, 0.2) is 0 Å². The van der Waals surface area contributed by atoms with Crippen molar-refractivity contribution in [2.45, 2.75) is 16.3 Å². The van der Waals surface area contributed by atoms with Crippen molar-refractivity contribution in [2.75, 3.05) is 30.1 Å². The number of aromatic nitrogens is 4. The molecule has 2 aliphatic heterocycles. The smallest absolute Gasteiger partial charge is 0.352 e. The molecule has 0 aliphatic carbocycles. The number of methoxy groups -OCH3 is 1. The summed E-state index contributed by atoms with van der Waals surface area (Å²) in [6.07, 6.45) is 0. The molecule has 2 aliphatic rings. The van der Waals surface area contributed by atoms with Crippen molar-refractivity contribution < 1.29 is 24.2 Å². The molecule has 5 N–H and O–H groups in total. The standard InChI is InChI=1S/C15H17N7O5S3.H3N/c1-21-14(18-19-20-21)30-6-8-5-29-13-15(27-2,17-9(23)7-28-4-3-16)12(26)22(13)10(8)11(24)25;/h13H,4-7H2,1-2H3,(H,17,23)(H,24,25);1H3/t13-,15+;/m1./s1. The molecule has 0 bridgehead atoms. The molecule has 3 rings (SSSR count). The number of carboxylic acids is 1. The molecule has 2 amide bonds. The first kappa shape index (κ1) is 24.9. The van der Waals surface area contributed by atoms with Crippen molar-refractivity contribution in [1.29, 1.82) is 5.26 Å². The normalized spacial score (nSPS) is 22.2. The minimum Gasteiger partial charge on any atom is -0.477 e. The summed E-state index contributed by atoms with van der Waals surface area (Å²) in [6, 6.07) is 1.92. The number of tetrazole rings is 1. The Balaban J connectivity index is 0.00000341. The molecule has 31 heavy (non-hydrogen) atoms. The maximum atomic E-state index is 12.9. The Hall–Kier alpha value is -2.32. The SMILES string of the molecule is CO[C@@]1(NC(=O)CSCC#N)C(=O)N2C(C(=O)O)=C(CSc3nnnn3C)CS[C@@H]21.N. The Kier molecular flexibility index (Phi) is 8.31. The lowest BCUT2D eigenvalue weighted by molar-refractivity contribution is -0.192. The van der Waals surface area contributed by atoms with Gasteiger partial charge >= 0.3 is 5.97 Å². The molecule has 168 valence electrons. The van der Waals surface area contributed by atoms with E-state index in [1.807, 2.05) is 6.07 Å². The van der Waals surface area contributed by atoms with Gasteiger partial charge in [-0.2, -0.15) is 5.26 Å². The number of nitrogens with one attached hydrogen (secondary N) is 1. The van der Waals surface area contributed by atoms with Crippen LogP contribution in [0.1, 0.15) is 0 Å². The number of hydrogen-bond acceptors (Lipinski definition) is 12. The number of carbonyl (C=O) groups excluding carboxylic acids is 2. The summed E-state index contributed by atoms with van der Waals surface area (Å²) in [5.74, 6) is -1.61. The molecule has 2 atom stereocenters. The van der Waals surface area contributed by atoms with E-state index in [0.717, 1.165) is 16.7 Å². The number of nitriles is 1. The lowest BCUT2D eigenvalue weighted by Crippen LogP contribution is -2.80. The van der Waals surface area contributed by atoms with Crippen LogP contribution in [-0.2, 0) is 26.2 Å². The van der Waals surface area contributed by atoms with Gasteiger partial charge in [0.25, 0.3) is 11.6 Å². The largest absolute Gasteiger partial charge is 0.477 e. The van der Waals surface area contributed by atoms with Crippen LogP contribution in [0.2, 0.25) is 0 Å². The Labute approximate surface area is 189 Å². The number of ether oxygens (including phenoxy) is 1. The molecule has 0 aromatic carbocycles. The molecule has 0 saturated carbocycles. The minimum absolute atomic E-state index is 0. The molecule has 1 aromatic rings. The average molecular weight is 489 g/mol. The summed E-state index contributed by atoms with van der Waals surface area (Å²) >= 11 is 3.67. The van der Waals surface area contributed by atoms with E-state index < -0.39 is 28.9 Å². The number of amides is 2. The maximum absolute atomic E-state index is 12.9. The fourth-order valence-electron chi connectivity index (χ4n) is 2.98. The maximum Gasteiger partial charge on any atom is 0.352 e. The number of nitrogens with zero attached hydrogens (tertiary/aromatic N) is 6. The molecule has 16 heteroatoms. The first-order valence-electron chi connectivity index (χ1n) is 8.42. The van der Waals surface area contributed by atoms with Crippen molar-refractivity contribution >= 4 is 53.1 Å². The lowest BCUT2D eigenvalue weighted by atomic mass is 9.98. The predicted octanol–water partition coefficient (Wildman–Crippen LogP) is -0.566. The quantitative estimate of drug-likeness (QED) is 0.173. The van der Waals surface area contributed by atoms with E-state index in [-0.39, 0.29) is 29.1 Å². The van der Waals surface area contributed by atoms with Gasteiger partial charge in [-0.25, -0.2) is 9.48 Å². The van der Waals surface area contributed by atoms with Crippen molar-refractivity contribution in [3.05, 3.63) is 11.3 Å². The van der Waals surface area contributed by atoms with E-state index in [1.165, 1.54) is 35.3 Å². The van der Waals surface area contributed by atoms with Crippen LogP contribution in [-0.4, -0.2) is 89.2 Å². The van der Waals surface area contributed by atoms with Gasteiger partial charge in [-0.3, -0.25) is 14.5 Å². The number of β-lactam (4-membered cyclic amide) rings is 1. The van der Waals surface area contributed by atoms with Crippen molar-refractivity contribution in [2.24, 2.45) is 7.05 Å². The topological polar surface area (TPSA) is 198 Å². The third-order valence-corrected chi connectivity index (χ3v) is 7.59. The van der Waals surface area contributed by atoms with Crippen LogP contribution < -0.4 is 11.5 Å². The lowest BCUT2D eigenvalue weighted by Gasteiger charge is -2.55. The highest BCUT2D eigenvalue weighted by molar-refractivity contribution is 8.01. The number of thioether (sulfide) groups is 3. The number of fused-ring (bicyclic) bond motifs is 1. The summed E-state index contributed by atoms with van der Waals surface area (Å²) in [5.41, 5.74) is -1.21. The van der Waals surface area contributed by atoms with Crippen molar-refractivity contribution in [3.63, 3.8) is 0 Å². The van der Waals surface area contributed by atoms with Crippen LogP contribution in [0.3, 0.4) is 0 Å². The zero-order valence-corrected chi connectivity index (χ0v) is 19.1. The van der Waals surface area contributed by atoms with Crippen LogP contribution in [0.5, 0.6) is 0 Å². The highest BCUT2D eigenvalue weighted by Gasteiger charge is 2.66. The molecule has 1 aromatic heterocycles. The first-order chi connectivity index (χ1) is 14.4. The summed E-state index contributed by atoms with van der Waals surface area (Å²) in [7, 11) is 2.96. The molecule has 1 saturated heterocycles. The van der Waals surface area contributed by atoms with Gasteiger partial charge in [0.1, 0.15) is 11.1 Å². The van der Waals surface area contributed by atoms with Gasteiger partial charge in [-0.05, 0) is 16.0 Å². The van der Waals surface area contributed by atoms with Gasteiger partial charge in [0.05, 0.1) is 17.6 Å². The minimum atomic E-state index is -1.64. The Morgan fingerprint density at radius 1 is 1.52 bits per heavy atom. The zero-order valence-electron chi connectivity index (χ0n) is 16.6. The van der Waals surface area contributed by atoms with Crippen LogP contribution >= 0.6 is 35.3 Å². The third-order valence-electron chi connectivity index (χ3n) is 4.32. The van der Waals surface area contributed by atoms with E-state index in [0.29, 0.717) is 16.5 Å². The second-order valence-electron chi connectivity index (χ2n) is 6.11. The number of carbonyl (C=O) groups is 3. The van der Waals surface area contributed by atoms with Gasteiger partial charge in [-0.15, -0.1) is 28.6 Å². The van der Waals surface area contributed by atoms with E-state index in [9.17, 15) is 19.5 Å². The second-order valence-corrected chi connectivity index (χ2v) is 9.11. The van der Waals surface area contributed by atoms with Crippen molar-refractivity contribution in [3.8, 4) is 6.07 Å². The summed E-state index contributed by atoms with van der Waals surface area (Å²) < 4.78 is 6.83. The summed E-state index contributed by atoms with van der Waals surface area (Å²) in [5, 5.41) is 31.8. The summed E-state index contributed by atoms with van der Waals surface area (Å²) in [6.45, 7) is 0. The Bertz CT molecular complexity index is 947. The summed E-state index contributed by atoms with van der Waals surface area (Å²) in [4.78, 5) is 38.2. The molecule has 0 spiro atoms. The van der Waals surface area contributed by atoms with E-state index >= 15 is 0 Å². The van der Waals surface area contributed by atoms with Gasteiger partial charge in [0, 0.05) is 25.7 Å². The average Bonchev–Trinajstić information content (AvgIpc) is 3.14. The van der Waals surface area contributed by atoms with Gasteiger partial charge < -0.3 is 21.3 Å². The number of aliphatic carboxylic acids is 1. The Morgan fingerprint density at radius 2 is 2.26 bits per heavy atom. The fraction of sp³-hybridized carbons (Fsp3) is 0.533. The highest BCUT2D eigenvalue weighted by Crippen LogP contribution is 2.47. The Morgan fingerprint density at radius 3 is 2.84 bits per heavy atom. The molecular formula is C15H20N8O5S3. The van der Waals surface area contributed by atoms with Crippen LogP contribution in [0, 0.1) is 11.3 Å². The monoisotopic (exact) mass is 488 g/mol. The van der Waals surface area contributed by atoms with E-state index in [2.05, 4.69) is 20.8 Å². The molecule has 1 fully saturated rings.